The summed E-state index contributed by atoms with van der Waals surface area (Å²) in [6.45, 7) is 3.80. The van der Waals surface area contributed by atoms with Crippen molar-refractivity contribution in [2.45, 2.75) is 19.9 Å². The molecule has 4 heteroatoms. The molecule has 1 atom stereocenters. The largest absolute Gasteiger partial charge is 0.480 e. The minimum Gasteiger partial charge on any atom is -0.480 e. The second kappa shape index (κ2) is 5.38. The number of aliphatic carboxylic acids is 1. The number of carboxylic acid groups (broad SMARTS) is 1. The molecule has 0 saturated heterocycles. The Morgan fingerprint density at radius 1 is 1.36 bits per heavy atom. The molecule has 0 heterocycles. The number of carboxylic acids is 1. The molecule has 0 radical (unpaired) electrons. The molecule has 0 fully saturated rings. The van der Waals surface area contributed by atoms with Gasteiger partial charge in [-0.15, -0.1) is 12.4 Å². The number of likely N-dealkylation sites (N-methyl/N-ethyl adjacent to an activating group) is 1. The van der Waals surface area contributed by atoms with Crippen molar-refractivity contribution in [3.05, 3.63) is 0 Å². The van der Waals surface area contributed by atoms with E-state index in [9.17, 15) is 4.79 Å². The molecule has 1 N–H and O–H groups in total. The average molecular weight is 182 g/mol. The topological polar surface area (TPSA) is 40.5 Å². The van der Waals surface area contributed by atoms with Crippen molar-refractivity contribution >= 4 is 18.4 Å². The van der Waals surface area contributed by atoms with E-state index in [0.29, 0.717) is 0 Å². The zero-order valence-electron chi connectivity index (χ0n) is 7.37. The normalized spacial score (nSPS) is 12.9. The molecular weight excluding hydrogens is 166 g/mol. The van der Waals surface area contributed by atoms with Crippen LogP contribution in [0, 0.1) is 5.92 Å². The maximum atomic E-state index is 10.5. The molecular formula is C7H16ClNO2. The molecule has 0 aromatic rings. The fraction of sp³-hybridized carbons (Fsp3) is 0.857. The first kappa shape index (κ1) is 13.3. The van der Waals surface area contributed by atoms with Crippen LogP contribution in [0.5, 0.6) is 0 Å². The highest BCUT2D eigenvalue weighted by atomic mass is 35.5. The van der Waals surface area contributed by atoms with Gasteiger partial charge in [0.05, 0.1) is 0 Å². The van der Waals surface area contributed by atoms with Crippen LogP contribution in [0.1, 0.15) is 13.8 Å². The number of nitrogens with zero attached hydrogens (tertiary/aromatic N) is 1. The van der Waals surface area contributed by atoms with Crippen LogP contribution < -0.4 is 0 Å². The first-order valence-electron chi connectivity index (χ1n) is 3.36. The SMILES string of the molecule is CC(C)[C@H](C(=O)O)N(C)C.Cl. The molecule has 0 saturated carbocycles. The summed E-state index contributed by atoms with van der Waals surface area (Å²) in [4.78, 5) is 12.3. The minimum atomic E-state index is -0.750. The summed E-state index contributed by atoms with van der Waals surface area (Å²) in [5, 5.41) is 8.67. The van der Waals surface area contributed by atoms with Gasteiger partial charge in [0.1, 0.15) is 6.04 Å². The van der Waals surface area contributed by atoms with Crippen molar-refractivity contribution in [3.63, 3.8) is 0 Å². The van der Waals surface area contributed by atoms with Gasteiger partial charge in [-0.3, -0.25) is 9.69 Å². The fourth-order valence-corrected chi connectivity index (χ4v) is 1.10. The summed E-state index contributed by atoms with van der Waals surface area (Å²) in [5.74, 6) is -0.590. The molecule has 0 spiro atoms. The van der Waals surface area contributed by atoms with Gasteiger partial charge in [-0.05, 0) is 20.0 Å². The van der Waals surface area contributed by atoms with Gasteiger partial charge in [0, 0.05) is 0 Å². The molecule has 0 rings (SSSR count). The molecule has 0 aromatic carbocycles. The number of rotatable bonds is 3. The maximum absolute atomic E-state index is 10.5. The van der Waals surface area contributed by atoms with Gasteiger partial charge in [0.25, 0.3) is 0 Å². The van der Waals surface area contributed by atoms with Gasteiger partial charge in [-0.25, -0.2) is 0 Å². The highest BCUT2D eigenvalue weighted by Gasteiger charge is 2.22. The Morgan fingerprint density at radius 3 is 1.73 bits per heavy atom. The molecule has 0 aliphatic carbocycles. The van der Waals surface area contributed by atoms with Gasteiger partial charge >= 0.3 is 5.97 Å². The van der Waals surface area contributed by atoms with Gasteiger partial charge in [-0.1, -0.05) is 13.8 Å². The smallest absolute Gasteiger partial charge is 0.321 e. The fourth-order valence-electron chi connectivity index (χ4n) is 1.10. The first-order valence-corrected chi connectivity index (χ1v) is 3.36. The molecule has 0 unspecified atom stereocenters. The average Bonchev–Trinajstić information content (AvgIpc) is 1.59. The third kappa shape index (κ3) is 4.22. The zero-order chi connectivity index (χ0) is 8.31. The van der Waals surface area contributed by atoms with Gasteiger partial charge < -0.3 is 5.11 Å². The Bertz CT molecular complexity index is 118. The second-order valence-corrected chi connectivity index (χ2v) is 2.99. The summed E-state index contributed by atoms with van der Waals surface area (Å²) >= 11 is 0. The predicted octanol–water partition coefficient (Wildman–Crippen LogP) is 1.08. The highest BCUT2D eigenvalue weighted by Crippen LogP contribution is 2.06. The Labute approximate surface area is 73.8 Å². The van der Waals surface area contributed by atoms with Crippen molar-refractivity contribution in [2.75, 3.05) is 14.1 Å². The molecule has 0 aromatic heterocycles. The quantitative estimate of drug-likeness (QED) is 0.709. The Balaban J connectivity index is 0. The number of hydrogen-bond donors (Lipinski definition) is 1. The second-order valence-electron chi connectivity index (χ2n) is 2.99. The number of carbonyl (C=O) groups is 1. The molecule has 68 valence electrons. The summed E-state index contributed by atoms with van der Waals surface area (Å²) in [6.07, 6.45) is 0. The summed E-state index contributed by atoms with van der Waals surface area (Å²) in [5.41, 5.74) is 0. The van der Waals surface area contributed by atoms with Gasteiger partial charge in [0.15, 0.2) is 0 Å². The van der Waals surface area contributed by atoms with Crippen LogP contribution in [0.4, 0.5) is 0 Å². The standard InChI is InChI=1S/C7H15NO2.ClH/c1-5(2)6(7(9)10)8(3)4;/h5-6H,1-4H3,(H,9,10);1H/t6-;/m1./s1. The van der Waals surface area contributed by atoms with Gasteiger partial charge in [-0.2, -0.15) is 0 Å². The van der Waals surface area contributed by atoms with Crippen LogP contribution in [0.2, 0.25) is 0 Å². The van der Waals surface area contributed by atoms with Crippen LogP contribution in [0.3, 0.4) is 0 Å². The van der Waals surface area contributed by atoms with Crippen LogP contribution >= 0.6 is 12.4 Å². The minimum absolute atomic E-state index is 0. The van der Waals surface area contributed by atoms with Gasteiger partial charge in [0.2, 0.25) is 0 Å². The van der Waals surface area contributed by atoms with E-state index in [4.69, 9.17) is 5.11 Å². The lowest BCUT2D eigenvalue weighted by Gasteiger charge is -2.22. The highest BCUT2D eigenvalue weighted by molar-refractivity contribution is 5.85. The lowest BCUT2D eigenvalue weighted by molar-refractivity contribution is -0.143. The molecule has 0 amide bonds. The monoisotopic (exact) mass is 181 g/mol. The zero-order valence-corrected chi connectivity index (χ0v) is 8.18. The Hall–Kier alpha value is -0.280. The third-order valence-corrected chi connectivity index (χ3v) is 1.44. The Morgan fingerprint density at radius 2 is 1.73 bits per heavy atom. The summed E-state index contributed by atoms with van der Waals surface area (Å²) < 4.78 is 0. The van der Waals surface area contributed by atoms with Crippen LogP contribution in [0.15, 0.2) is 0 Å². The van der Waals surface area contributed by atoms with E-state index in [1.807, 2.05) is 13.8 Å². The lowest BCUT2D eigenvalue weighted by Crippen LogP contribution is -2.39. The number of halogens is 1. The maximum Gasteiger partial charge on any atom is 0.321 e. The molecule has 0 bridgehead atoms. The van der Waals surface area contributed by atoms with Crippen molar-refractivity contribution in [1.82, 2.24) is 4.90 Å². The van der Waals surface area contributed by atoms with Crippen LogP contribution in [-0.4, -0.2) is 36.1 Å². The van der Waals surface area contributed by atoms with Crippen LogP contribution in [0.25, 0.3) is 0 Å². The van der Waals surface area contributed by atoms with Crippen molar-refractivity contribution in [1.29, 1.82) is 0 Å². The first-order chi connectivity index (χ1) is 4.46. The van der Waals surface area contributed by atoms with Crippen molar-refractivity contribution in [3.8, 4) is 0 Å². The van der Waals surface area contributed by atoms with E-state index in [-0.39, 0.29) is 24.4 Å². The third-order valence-electron chi connectivity index (χ3n) is 1.44. The number of hydrogen-bond acceptors (Lipinski definition) is 2. The molecule has 0 aliphatic rings. The molecule has 3 nitrogen and oxygen atoms in total. The molecule has 11 heavy (non-hydrogen) atoms. The lowest BCUT2D eigenvalue weighted by atomic mass is 10.0. The van der Waals surface area contributed by atoms with E-state index >= 15 is 0 Å². The Kier molecular flexibility index (Phi) is 6.52. The van der Waals surface area contributed by atoms with Crippen molar-refractivity contribution in [2.24, 2.45) is 5.92 Å². The summed E-state index contributed by atoms with van der Waals surface area (Å²) in [6, 6.07) is -0.361. The molecule has 0 aliphatic heterocycles. The van der Waals surface area contributed by atoms with E-state index in [1.165, 1.54) is 0 Å². The predicted molar refractivity (Wildman–Crippen MR) is 47.2 cm³/mol. The van der Waals surface area contributed by atoms with E-state index < -0.39 is 5.97 Å². The van der Waals surface area contributed by atoms with E-state index in [2.05, 4.69) is 0 Å². The van der Waals surface area contributed by atoms with Crippen LogP contribution in [-0.2, 0) is 4.79 Å². The van der Waals surface area contributed by atoms with Crippen molar-refractivity contribution < 1.29 is 9.90 Å². The van der Waals surface area contributed by atoms with E-state index in [0.717, 1.165) is 0 Å². The van der Waals surface area contributed by atoms with E-state index in [1.54, 1.807) is 19.0 Å². The summed E-state index contributed by atoms with van der Waals surface area (Å²) in [7, 11) is 3.55.